The molecule has 98 valence electrons. The molecule has 0 spiro atoms. The average Bonchev–Trinajstić information content (AvgIpc) is 2.33. The van der Waals surface area contributed by atoms with Gasteiger partial charge < -0.3 is 11.1 Å². The Labute approximate surface area is 109 Å². The summed E-state index contributed by atoms with van der Waals surface area (Å²) in [6.07, 6.45) is 0. The highest BCUT2D eigenvalue weighted by Gasteiger charge is 2.14. The molecule has 0 radical (unpaired) electrons. The van der Waals surface area contributed by atoms with E-state index in [1.54, 1.807) is 25.1 Å². The molecular weight excluding hydrogens is 250 g/mol. The van der Waals surface area contributed by atoms with Crippen LogP contribution in [0.5, 0.6) is 0 Å². The molecule has 2 aromatic rings. The summed E-state index contributed by atoms with van der Waals surface area (Å²) in [5.41, 5.74) is 6.70. The van der Waals surface area contributed by atoms with E-state index >= 15 is 0 Å². The van der Waals surface area contributed by atoms with Gasteiger partial charge in [0.2, 0.25) is 0 Å². The molecule has 0 heterocycles. The number of aryl methyl sites for hydroxylation is 1. The molecule has 0 saturated heterocycles. The van der Waals surface area contributed by atoms with Crippen LogP contribution in [0.4, 0.5) is 20.2 Å². The molecule has 5 heteroatoms. The number of anilines is 2. The number of halogens is 2. The Kier molecular flexibility index (Phi) is 3.46. The molecule has 2 rings (SSSR count). The van der Waals surface area contributed by atoms with Crippen LogP contribution in [-0.2, 0) is 0 Å². The predicted molar refractivity (Wildman–Crippen MR) is 69.9 cm³/mol. The van der Waals surface area contributed by atoms with E-state index in [-0.39, 0.29) is 16.9 Å². The first-order valence-corrected chi connectivity index (χ1v) is 5.60. The van der Waals surface area contributed by atoms with E-state index in [9.17, 15) is 13.6 Å². The van der Waals surface area contributed by atoms with Gasteiger partial charge in [0.15, 0.2) is 0 Å². The van der Waals surface area contributed by atoms with Crippen LogP contribution in [0, 0.1) is 18.6 Å². The first kappa shape index (κ1) is 13.0. The first-order valence-electron chi connectivity index (χ1n) is 5.60. The van der Waals surface area contributed by atoms with E-state index in [0.717, 1.165) is 18.2 Å². The Balaban J connectivity index is 2.34. The maximum Gasteiger partial charge on any atom is 0.258 e. The molecule has 0 aliphatic heterocycles. The fourth-order valence-electron chi connectivity index (χ4n) is 1.78. The summed E-state index contributed by atoms with van der Waals surface area (Å²) in [4.78, 5) is 12.0. The molecule has 2 aromatic carbocycles. The zero-order valence-electron chi connectivity index (χ0n) is 10.2. The van der Waals surface area contributed by atoms with Crippen LogP contribution in [0.1, 0.15) is 15.9 Å². The van der Waals surface area contributed by atoms with Gasteiger partial charge in [-0.3, -0.25) is 4.79 Å². The summed E-state index contributed by atoms with van der Waals surface area (Å²) >= 11 is 0. The van der Waals surface area contributed by atoms with Gasteiger partial charge in [-0.15, -0.1) is 0 Å². The van der Waals surface area contributed by atoms with Gasteiger partial charge >= 0.3 is 0 Å². The van der Waals surface area contributed by atoms with Crippen LogP contribution < -0.4 is 11.1 Å². The molecule has 0 aliphatic carbocycles. The van der Waals surface area contributed by atoms with Crippen LogP contribution in [0.3, 0.4) is 0 Å². The van der Waals surface area contributed by atoms with Gasteiger partial charge in [-0.2, -0.15) is 0 Å². The minimum Gasteiger partial charge on any atom is -0.398 e. The van der Waals surface area contributed by atoms with E-state index in [1.165, 1.54) is 0 Å². The SMILES string of the molecule is Cc1cccc(N)c1C(=O)Nc1cc(F)ccc1F. The van der Waals surface area contributed by atoms with Gasteiger partial charge in [0.05, 0.1) is 11.3 Å². The third-order valence-corrected chi connectivity index (χ3v) is 2.71. The predicted octanol–water partition coefficient (Wildman–Crippen LogP) is 3.11. The lowest BCUT2D eigenvalue weighted by atomic mass is 10.1. The number of nitrogens with one attached hydrogen (secondary N) is 1. The summed E-state index contributed by atoms with van der Waals surface area (Å²) in [5.74, 6) is -1.91. The van der Waals surface area contributed by atoms with E-state index in [2.05, 4.69) is 5.32 Å². The van der Waals surface area contributed by atoms with E-state index in [0.29, 0.717) is 5.56 Å². The summed E-state index contributed by atoms with van der Waals surface area (Å²) in [5, 5.41) is 2.32. The minimum absolute atomic E-state index is 0.215. The Bertz CT molecular complexity index is 621. The number of amides is 1. The minimum atomic E-state index is -0.707. The van der Waals surface area contributed by atoms with Crippen LogP contribution in [0.25, 0.3) is 0 Å². The van der Waals surface area contributed by atoms with Crippen molar-refractivity contribution in [3.63, 3.8) is 0 Å². The second-order valence-electron chi connectivity index (χ2n) is 4.12. The number of hydrogen-bond acceptors (Lipinski definition) is 2. The second kappa shape index (κ2) is 5.06. The van der Waals surface area contributed by atoms with Crippen molar-refractivity contribution in [3.8, 4) is 0 Å². The number of carbonyl (C=O) groups is 1. The lowest BCUT2D eigenvalue weighted by molar-refractivity contribution is 0.102. The molecule has 0 atom stereocenters. The molecule has 19 heavy (non-hydrogen) atoms. The Morgan fingerprint density at radius 1 is 1.21 bits per heavy atom. The van der Waals surface area contributed by atoms with Gasteiger partial charge in [0.1, 0.15) is 11.6 Å². The zero-order chi connectivity index (χ0) is 14.0. The van der Waals surface area contributed by atoms with Crippen LogP contribution >= 0.6 is 0 Å². The van der Waals surface area contributed by atoms with Gasteiger partial charge in [0, 0.05) is 11.8 Å². The van der Waals surface area contributed by atoms with Crippen molar-refractivity contribution >= 4 is 17.3 Å². The van der Waals surface area contributed by atoms with Crippen molar-refractivity contribution in [3.05, 3.63) is 59.2 Å². The molecule has 0 aliphatic rings. The van der Waals surface area contributed by atoms with E-state index < -0.39 is 17.5 Å². The Morgan fingerprint density at radius 2 is 1.95 bits per heavy atom. The summed E-state index contributed by atoms with van der Waals surface area (Å²) in [7, 11) is 0. The summed E-state index contributed by atoms with van der Waals surface area (Å²) in [6, 6.07) is 7.85. The quantitative estimate of drug-likeness (QED) is 0.817. The smallest absolute Gasteiger partial charge is 0.258 e. The van der Waals surface area contributed by atoms with Crippen molar-refractivity contribution in [2.45, 2.75) is 6.92 Å². The van der Waals surface area contributed by atoms with Gasteiger partial charge in [-0.05, 0) is 30.7 Å². The lowest BCUT2D eigenvalue weighted by Crippen LogP contribution is -2.16. The average molecular weight is 262 g/mol. The van der Waals surface area contributed by atoms with Gasteiger partial charge in [0.25, 0.3) is 5.91 Å². The van der Waals surface area contributed by atoms with Crippen molar-refractivity contribution in [1.82, 2.24) is 0 Å². The fraction of sp³-hybridized carbons (Fsp3) is 0.0714. The van der Waals surface area contributed by atoms with Crippen molar-refractivity contribution in [2.75, 3.05) is 11.1 Å². The standard InChI is InChI=1S/C14H12F2N2O/c1-8-3-2-4-11(17)13(8)14(19)18-12-7-9(15)5-6-10(12)16/h2-7H,17H2,1H3,(H,18,19). The fourth-order valence-corrected chi connectivity index (χ4v) is 1.78. The van der Waals surface area contributed by atoms with Crippen LogP contribution in [0.15, 0.2) is 36.4 Å². The van der Waals surface area contributed by atoms with Gasteiger partial charge in [-0.1, -0.05) is 12.1 Å². The maximum absolute atomic E-state index is 13.4. The third-order valence-electron chi connectivity index (χ3n) is 2.71. The molecule has 1 amide bonds. The highest BCUT2D eigenvalue weighted by Crippen LogP contribution is 2.20. The van der Waals surface area contributed by atoms with Crippen molar-refractivity contribution in [1.29, 1.82) is 0 Å². The van der Waals surface area contributed by atoms with E-state index in [1.807, 2.05) is 0 Å². The number of rotatable bonds is 2. The number of nitrogens with two attached hydrogens (primary N) is 1. The molecular formula is C14H12F2N2O. The summed E-state index contributed by atoms with van der Waals surface area (Å²) in [6.45, 7) is 1.72. The van der Waals surface area contributed by atoms with Crippen LogP contribution in [-0.4, -0.2) is 5.91 Å². The zero-order valence-corrected chi connectivity index (χ0v) is 10.2. The lowest BCUT2D eigenvalue weighted by Gasteiger charge is -2.10. The van der Waals surface area contributed by atoms with Crippen LogP contribution in [0.2, 0.25) is 0 Å². The number of benzene rings is 2. The third kappa shape index (κ3) is 2.70. The highest BCUT2D eigenvalue weighted by molar-refractivity contribution is 6.08. The largest absolute Gasteiger partial charge is 0.398 e. The molecule has 0 fully saturated rings. The molecule has 0 unspecified atom stereocenters. The second-order valence-corrected chi connectivity index (χ2v) is 4.12. The normalized spacial score (nSPS) is 10.3. The highest BCUT2D eigenvalue weighted by atomic mass is 19.1. The number of hydrogen-bond donors (Lipinski definition) is 2. The maximum atomic E-state index is 13.4. The van der Waals surface area contributed by atoms with Gasteiger partial charge in [-0.25, -0.2) is 8.78 Å². The molecule has 3 N–H and O–H groups in total. The molecule has 0 bridgehead atoms. The van der Waals surface area contributed by atoms with Crippen molar-refractivity contribution in [2.24, 2.45) is 0 Å². The number of nitrogen functional groups attached to an aromatic ring is 1. The molecule has 0 aromatic heterocycles. The summed E-state index contributed by atoms with van der Waals surface area (Å²) < 4.78 is 26.5. The van der Waals surface area contributed by atoms with E-state index in [4.69, 9.17) is 5.73 Å². The number of carbonyl (C=O) groups excluding carboxylic acids is 1. The Hall–Kier alpha value is -2.43. The topological polar surface area (TPSA) is 55.1 Å². The monoisotopic (exact) mass is 262 g/mol. The van der Waals surface area contributed by atoms with Crippen molar-refractivity contribution < 1.29 is 13.6 Å². The molecule has 3 nitrogen and oxygen atoms in total. The Morgan fingerprint density at radius 3 is 2.63 bits per heavy atom. The molecule has 0 saturated carbocycles. The first-order chi connectivity index (χ1) is 8.99.